The van der Waals surface area contributed by atoms with Gasteiger partial charge in [0.1, 0.15) is 23.0 Å². The first kappa shape index (κ1) is 17.8. The van der Waals surface area contributed by atoms with Crippen molar-refractivity contribution in [1.29, 1.82) is 0 Å². The fraction of sp³-hybridized carbons (Fsp3) is 0.368. The molecule has 0 aliphatic heterocycles. The molecule has 128 valence electrons. The molecule has 0 bridgehead atoms. The second-order valence-corrected chi connectivity index (χ2v) is 6.13. The molecule has 0 saturated heterocycles. The van der Waals surface area contributed by atoms with Gasteiger partial charge >= 0.3 is 0 Å². The Kier molecular flexibility index (Phi) is 5.79. The molecule has 0 spiro atoms. The highest BCUT2D eigenvalue weighted by Crippen LogP contribution is 2.27. The van der Waals surface area contributed by atoms with Crippen molar-refractivity contribution >= 4 is 11.6 Å². The van der Waals surface area contributed by atoms with E-state index in [-0.39, 0.29) is 12.5 Å². The van der Waals surface area contributed by atoms with Gasteiger partial charge in [0.25, 0.3) is 5.91 Å². The molecule has 1 N–H and O–H groups in total. The number of hydrazone groups is 1. The number of aryl methyl sites for hydroxylation is 2. The molecule has 2 rings (SSSR count). The minimum absolute atomic E-state index is 0.0862. The van der Waals surface area contributed by atoms with Crippen LogP contribution >= 0.6 is 0 Å². The fourth-order valence-electron chi connectivity index (χ4n) is 2.25. The highest BCUT2D eigenvalue weighted by Gasteiger charge is 2.10. The number of nitrogens with one attached hydrogen (secondary N) is 1. The van der Waals surface area contributed by atoms with Gasteiger partial charge in [-0.3, -0.25) is 4.79 Å². The van der Waals surface area contributed by atoms with Gasteiger partial charge in [0.05, 0.1) is 0 Å². The van der Waals surface area contributed by atoms with Crippen molar-refractivity contribution in [2.24, 2.45) is 5.10 Å². The molecule has 0 unspecified atom stereocenters. The van der Waals surface area contributed by atoms with Crippen LogP contribution < -0.4 is 10.2 Å². The summed E-state index contributed by atoms with van der Waals surface area (Å²) in [6, 6.07) is 9.70. The molecule has 0 aliphatic carbocycles. The van der Waals surface area contributed by atoms with Gasteiger partial charge in [0.2, 0.25) is 0 Å². The minimum Gasteiger partial charge on any atom is -0.483 e. The van der Waals surface area contributed by atoms with E-state index in [0.29, 0.717) is 17.4 Å². The molecule has 0 fully saturated rings. The third-order valence-corrected chi connectivity index (χ3v) is 3.60. The molecule has 0 saturated carbocycles. The number of nitrogens with zero attached hydrogens (tertiary/aromatic N) is 1. The van der Waals surface area contributed by atoms with Crippen LogP contribution in [0.15, 0.2) is 39.9 Å². The van der Waals surface area contributed by atoms with E-state index in [4.69, 9.17) is 9.15 Å². The Hall–Kier alpha value is -2.56. The molecule has 5 nitrogen and oxygen atoms in total. The lowest BCUT2D eigenvalue weighted by Gasteiger charge is -2.14. The Morgan fingerprint density at radius 1 is 1.25 bits per heavy atom. The maximum absolute atomic E-state index is 11.9. The third kappa shape index (κ3) is 4.72. The van der Waals surface area contributed by atoms with E-state index in [0.717, 1.165) is 22.6 Å². The number of carbonyl (C=O) groups excluding carboxylic acids is 1. The summed E-state index contributed by atoms with van der Waals surface area (Å²) in [7, 11) is 0. The van der Waals surface area contributed by atoms with Crippen molar-refractivity contribution in [3.8, 4) is 5.75 Å². The van der Waals surface area contributed by atoms with Crippen LogP contribution in [0.25, 0.3) is 0 Å². The van der Waals surface area contributed by atoms with Crippen molar-refractivity contribution in [3.05, 3.63) is 53.0 Å². The standard InChI is InChI=1S/C19H24N2O3/c1-12(2)16-8-6-13(3)10-18(16)23-11-19(22)21-20-15(5)17-9-7-14(4)24-17/h6-10,12H,11H2,1-5H3,(H,21,22)/b20-15-. The lowest BCUT2D eigenvalue weighted by Crippen LogP contribution is -2.25. The van der Waals surface area contributed by atoms with Crippen molar-refractivity contribution in [2.45, 2.75) is 40.5 Å². The zero-order valence-electron chi connectivity index (χ0n) is 14.8. The van der Waals surface area contributed by atoms with Crippen LogP contribution in [0.4, 0.5) is 0 Å². The molecule has 0 atom stereocenters. The van der Waals surface area contributed by atoms with E-state index in [1.165, 1.54) is 0 Å². The summed E-state index contributed by atoms with van der Waals surface area (Å²) in [5.41, 5.74) is 5.27. The Morgan fingerprint density at radius 2 is 2.00 bits per heavy atom. The van der Waals surface area contributed by atoms with E-state index in [1.807, 2.05) is 44.2 Å². The van der Waals surface area contributed by atoms with Gasteiger partial charge in [-0.15, -0.1) is 0 Å². The maximum Gasteiger partial charge on any atom is 0.277 e. The van der Waals surface area contributed by atoms with Crippen LogP contribution in [-0.2, 0) is 4.79 Å². The quantitative estimate of drug-likeness (QED) is 0.645. The number of ether oxygens (including phenoxy) is 1. The molecule has 1 amide bonds. The molecule has 0 radical (unpaired) electrons. The number of amides is 1. The van der Waals surface area contributed by atoms with Crippen LogP contribution in [0.2, 0.25) is 0 Å². The predicted molar refractivity (Wildman–Crippen MR) is 94.6 cm³/mol. The summed E-state index contributed by atoms with van der Waals surface area (Å²) in [5, 5.41) is 4.04. The van der Waals surface area contributed by atoms with Gasteiger partial charge in [0, 0.05) is 0 Å². The number of benzene rings is 1. The van der Waals surface area contributed by atoms with Gasteiger partial charge in [0.15, 0.2) is 6.61 Å². The SMILES string of the molecule is C/C(=N/NC(=O)COc1cc(C)ccc1C(C)C)c1ccc(C)o1. The van der Waals surface area contributed by atoms with E-state index >= 15 is 0 Å². The van der Waals surface area contributed by atoms with E-state index in [9.17, 15) is 4.79 Å². The fourth-order valence-corrected chi connectivity index (χ4v) is 2.25. The zero-order valence-corrected chi connectivity index (χ0v) is 14.8. The lowest BCUT2D eigenvalue weighted by molar-refractivity contribution is -0.123. The van der Waals surface area contributed by atoms with Crippen LogP contribution in [0, 0.1) is 13.8 Å². The van der Waals surface area contributed by atoms with Crippen LogP contribution in [-0.4, -0.2) is 18.2 Å². The number of rotatable bonds is 6. The van der Waals surface area contributed by atoms with Crippen LogP contribution in [0.3, 0.4) is 0 Å². The number of hydrogen-bond acceptors (Lipinski definition) is 4. The van der Waals surface area contributed by atoms with Gasteiger partial charge in [-0.1, -0.05) is 26.0 Å². The van der Waals surface area contributed by atoms with E-state index in [2.05, 4.69) is 24.4 Å². The van der Waals surface area contributed by atoms with Gasteiger partial charge in [-0.2, -0.15) is 5.10 Å². The molecule has 0 aliphatic rings. The topological polar surface area (TPSA) is 63.8 Å². The molecule has 1 heterocycles. The van der Waals surface area contributed by atoms with Crippen molar-refractivity contribution < 1.29 is 13.9 Å². The van der Waals surface area contributed by atoms with Crippen LogP contribution in [0.5, 0.6) is 5.75 Å². The summed E-state index contributed by atoms with van der Waals surface area (Å²) >= 11 is 0. The van der Waals surface area contributed by atoms with Gasteiger partial charge in [-0.05, 0) is 56.0 Å². The minimum atomic E-state index is -0.311. The smallest absolute Gasteiger partial charge is 0.277 e. The molecule has 5 heteroatoms. The second-order valence-electron chi connectivity index (χ2n) is 6.13. The third-order valence-electron chi connectivity index (χ3n) is 3.60. The predicted octanol–water partition coefficient (Wildman–Crippen LogP) is 3.94. The largest absolute Gasteiger partial charge is 0.483 e. The number of furan rings is 1. The second kappa shape index (κ2) is 7.81. The van der Waals surface area contributed by atoms with E-state index in [1.54, 1.807) is 6.92 Å². The number of hydrogen-bond donors (Lipinski definition) is 1. The molecule has 24 heavy (non-hydrogen) atoms. The molecule has 1 aromatic carbocycles. The molecule has 2 aromatic rings. The van der Waals surface area contributed by atoms with Crippen molar-refractivity contribution in [3.63, 3.8) is 0 Å². The van der Waals surface area contributed by atoms with Gasteiger partial charge in [-0.25, -0.2) is 5.43 Å². The first-order valence-electron chi connectivity index (χ1n) is 8.00. The highest BCUT2D eigenvalue weighted by molar-refractivity contribution is 5.96. The van der Waals surface area contributed by atoms with Crippen LogP contribution in [0.1, 0.15) is 49.3 Å². The molecular weight excluding hydrogens is 304 g/mol. The maximum atomic E-state index is 11.9. The Bertz CT molecular complexity index is 745. The van der Waals surface area contributed by atoms with Crippen molar-refractivity contribution in [2.75, 3.05) is 6.61 Å². The summed E-state index contributed by atoms with van der Waals surface area (Å²) in [5.74, 6) is 2.19. The first-order valence-corrected chi connectivity index (χ1v) is 8.00. The van der Waals surface area contributed by atoms with Crippen molar-refractivity contribution in [1.82, 2.24) is 5.43 Å². The Balaban J connectivity index is 1.95. The van der Waals surface area contributed by atoms with E-state index < -0.39 is 0 Å². The highest BCUT2D eigenvalue weighted by atomic mass is 16.5. The molecule has 1 aromatic heterocycles. The zero-order chi connectivity index (χ0) is 17.7. The average Bonchev–Trinajstić information content (AvgIpc) is 2.97. The summed E-state index contributed by atoms with van der Waals surface area (Å²) < 4.78 is 11.1. The summed E-state index contributed by atoms with van der Waals surface area (Å²) in [6.45, 7) is 9.73. The average molecular weight is 328 g/mol. The monoisotopic (exact) mass is 328 g/mol. The summed E-state index contributed by atoms with van der Waals surface area (Å²) in [4.78, 5) is 11.9. The first-order chi connectivity index (χ1) is 11.4. The Morgan fingerprint density at radius 3 is 2.62 bits per heavy atom. The van der Waals surface area contributed by atoms with Gasteiger partial charge < -0.3 is 9.15 Å². The Labute approximate surface area is 142 Å². The molecular formula is C19H24N2O3. The normalized spacial score (nSPS) is 11.7. The number of carbonyl (C=O) groups is 1. The summed E-state index contributed by atoms with van der Waals surface area (Å²) in [6.07, 6.45) is 0. The lowest BCUT2D eigenvalue weighted by atomic mass is 10.0.